The van der Waals surface area contributed by atoms with Crippen molar-refractivity contribution < 1.29 is 4.74 Å². The molecule has 1 heterocycles. The van der Waals surface area contributed by atoms with E-state index in [1.165, 1.54) is 31.5 Å². The van der Waals surface area contributed by atoms with Gasteiger partial charge < -0.3 is 10.1 Å². The van der Waals surface area contributed by atoms with Gasteiger partial charge >= 0.3 is 0 Å². The lowest BCUT2D eigenvalue weighted by Crippen LogP contribution is -2.38. The number of rotatable bonds is 6. The van der Waals surface area contributed by atoms with Crippen LogP contribution in [-0.2, 0) is 0 Å². The van der Waals surface area contributed by atoms with Gasteiger partial charge in [0.15, 0.2) is 0 Å². The highest BCUT2D eigenvalue weighted by molar-refractivity contribution is 5.35. The summed E-state index contributed by atoms with van der Waals surface area (Å²) in [7, 11) is 2.05. The maximum absolute atomic E-state index is 5.77. The van der Waals surface area contributed by atoms with Crippen LogP contribution in [-0.4, -0.2) is 38.2 Å². The van der Waals surface area contributed by atoms with Crippen LogP contribution in [0.3, 0.4) is 0 Å². The predicted molar refractivity (Wildman–Crippen MR) is 84.2 cm³/mol. The van der Waals surface area contributed by atoms with Crippen LogP contribution >= 0.6 is 0 Å². The smallest absolute Gasteiger partial charge is 0.124 e. The molecule has 1 saturated heterocycles. The molecular formula is C17H28N2O. The second kappa shape index (κ2) is 7.65. The molecule has 0 spiro atoms. The van der Waals surface area contributed by atoms with Crippen molar-refractivity contribution in [2.45, 2.75) is 32.7 Å². The molecule has 0 saturated carbocycles. The van der Waals surface area contributed by atoms with Gasteiger partial charge in [-0.2, -0.15) is 0 Å². The average Bonchev–Trinajstić information content (AvgIpc) is 2.49. The summed E-state index contributed by atoms with van der Waals surface area (Å²) >= 11 is 0. The van der Waals surface area contributed by atoms with Crippen LogP contribution < -0.4 is 10.1 Å². The van der Waals surface area contributed by atoms with Crippen LogP contribution in [0.4, 0.5) is 0 Å². The quantitative estimate of drug-likeness (QED) is 0.864. The Hall–Kier alpha value is -1.06. The standard InChI is InChI=1S/C17H28N2O/c1-4-20-17-8-6-5-7-16(17)14(2)19-11-9-15(10-12-19)13-18-3/h5-8,14-15,18H,4,9-13H2,1-3H3. The third-order valence-electron chi connectivity index (χ3n) is 4.36. The van der Waals surface area contributed by atoms with Crippen LogP contribution in [0.25, 0.3) is 0 Å². The number of benzene rings is 1. The number of hydrogen-bond donors (Lipinski definition) is 1. The summed E-state index contributed by atoms with van der Waals surface area (Å²) in [4.78, 5) is 2.59. The SMILES string of the molecule is CCOc1ccccc1C(C)N1CCC(CNC)CC1. The fourth-order valence-corrected chi connectivity index (χ4v) is 3.14. The molecule has 0 radical (unpaired) electrons. The minimum absolute atomic E-state index is 0.438. The molecule has 20 heavy (non-hydrogen) atoms. The van der Waals surface area contributed by atoms with E-state index in [0.29, 0.717) is 6.04 Å². The fourth-order valence-electron chi connectivity index (χ4n) is 3.14. The summed E-state index contributed by atoms with van der Waals surface area (Å²) in [6, 6.07) is 8.90. The highest BCUT2D eigenvalue weighted by atomic mass is 16.5. The van der Waals surface area contributed by atoms with E-state index >= 15 is 0 Å². The van der Waals surface area contributed by atoms with Gasteiger partial charge in [0.25, 0.3) is 0 Å². The van der Waals surface area contributed by atoms with Gasteiger partial charge in [0.2, 0.25) is 0 Å². The molecule has 3 nitrogen and oxygen atoms in total. The Balaban J connectivity index is 1.99. The van der Waals surface area contributed by atoms with Crippen molar-refractivity contribution in [3.8, 4) is 5.75 Å². The van der Waals surface area contributed by atoms with Crippen molar-refractivity contribution >= 4 is 0 Å². The third kappa shape index (κ3) is 3.74. The number of ether oxygens (including phenoxy) is 1. The van der Waals surface area contributed by atoms with E-state index in [0.717, 1.165) is 24.8 Å². The Bertz CT molecular complexity index is 400. The van der Waals surface area contributed by atoms with E-state index in [9.17, 15) is 0 Å². The van der Waals surface area contributed by atoms with Crippen LogP contribution in [0.1, 0.15) is 38.3 Å². The summed E-state index contributed by atoms with van der Waals surface area (Å²) in [6.45, 7) is 8.61. The number of piperidine rings is 1. The molecular weight excluding hydrogens is 248 g/mol. The van der Waals surface area contributed by atoms with E-state index < -0.39 is 0 Å². The average molecular weight is 276 g/mol. The van der Waals surface area contributed by atoms with Crippen LogP contribution in [0, 0.1) is 5.92 Å². The van der Waals surface area contributed by atoms with Crippen LogP contribution in [0.15, 0.2) is 24.3 Å². The van der Waals surface area contributed by atoms with Crippen LogP contribution in [0.5, 0.6) is 5.75 Å². The Kier molecular flexibility index (Phi) is 5.86. The zero-order chi connectivity index (χ0) is 14.4. The first-order chi connectivity index (χ1) is 9.76. The highest BCUT2D eigenvalue weighted by Crippen LogP contribution is 2.31. The molecule has 1 aromatic carbocycles. The molecule has 1 aliphatic heterocycles. The number of nitrogens with one attached hydrogen (secondary N) is 1. The molecule has 112 valence electrons. The van der Waals surface area contributed by atoms with Gasteiger partial charge in [-0.25, -0.2) is 0 Å². The van der Waals surface area contributed by atoms with Gasteiger partial charge in [-0.05, 0) is 65.4 Å². The number of likely N-dealkylation sites (tertiary alicyclic amines) is 1. The molecule has 1 aromatic rings. The lowest BCUT2D eigenvalue weighted by atomic mass is 9.94. The van der Waals surface area contributed by atoms with Crippen molar-refractivity contribution in [3.05, 3.63) is 29.8 Å². The molecule has 3 heteroatoms. The lowest BCUT2D eigenvalue weighted by molar-refractivity contribution is 0.138. The molecule has 1 unspecified atom stereocenters. The highest BCUT2D eigenvalue weighted by Gasteiger charge is 2.24. The Morgan fingerprint density at radius 1 is 1.30 bits per heavy atom. The number of nitrogens with zero attached hydrogens (tertiary/aromatic N) is 1. The Morgan fingerprint density at radius 3 is 2.65 bits per heavy atom. The van der Waals surface area contributed by atoms with Crippen molar-refractivity contribution in [1.29, 1.82) is 0 Å². The second-order valence-corrected chi connectivity index (χ2v) is 5.68. The summed E-state index contributed by atoms with van der Waals surface area (Å²) in [5.41, 5.74) is 1.32. The first-order valence-corrected chi connectivity index (χ1v) is 7.86. The van der Waals surface area contributed by atoms with E-state index in [2.05, 4.69) is 41.4 Å². The molecule has 0 amide bonds. The van der Waals surface area contributed by atoms with Gasteiger partial charge in [0.1, 0.15) is 5.75 Å². The van der Waals surface area contributed by atoms with Gasteiger partial charge in [0.05, 0.1) is 6.61 Å². The summed E-state index contributed by atoms with van der Waals surface area (Å²) in [5.74, 6) is 1.88. The zero-order valence-corrected chi connectivity index (χ0v) is 13.1. The zero-order valence-electron chi connectivity index (χ0n) is 13.1. The van der Waals surface area contributed by atoms with Crippen molar-refractivity contribution in [3.63, 3.8) is 0 Å². The maximum atomic E-state index is 5.77. The normalized spacial score (nSPS) is 18.9. The maximum Gasteiger partial charge on any atom is 0.124 e. The van der Waals surface area contributed by atoms with Crippen molar-refractivity contribution in [2.75, 3.05) is 33.3 Å². The lowest BCUT2D eigenvalue weighted by Gasteiger charge is -2.36. The molecule has 2 rings (SSSR count). The third-order valence-corrected chi connectivity index (χ3v) is 4.36. The fraction of sp³-hybridized carbons (Fsp3) is 0.647. The van der Waals surface area contributed by atoms with E-state index in [1.54, 1.807) is 0 Å². The number of para-hydroxylation sites is 1. The topological polar surface area (TPSA) is 24.5 Å². The minimum Gasteiger partial charge on any atom is -0.494 e. The first kappa shape index (κ1) is 15.3. The van der Waals surface area contributed by atoms with E-state index in [1.807, 2.05) is 14.0 Å². The predicted octanol–water partition coefficient (Wildman–Crippen LogP) is 3.08. The van der Waals surface area contributed by atoms with Gasteiger partial charge in [-0.15, -0.1) is 0 Å². The monoisotopic (exact) mass is 276 g/mol. The Labute approximate surface area is 123 Å². The summed E-state index contributed by atoms with van der Waals surface area (Å²) in [6.07, 6.45) is 2.59. The van der Waals surface area contributed by atoms with Gasteiger partial charge in [0, 0.05) is 11.6 Å². The van der Waals surface area contributed by atoms with E-state index in [4.69, 9.17) is 4.74 Å². The Morgan fingerprint density at radius 2 is 2.00 bits per heavy atom. The molecule has 0 aliphatic carbocycles. The van der Waals surface area contributed by atoms with Gasteiger partial charge in [-0.3, -0.25) is 4.90 Å². The molecule has 1 N–H and O–H groups in total. The molecule has 0 aromatic heterocycles. The second-order valence-electron chi connectivity index (χ2n) is 5.68. The van der Waals surface area contributed by atoms with Gasteiger partial charge in [-0.1, -0.05) is 18.2 Å². The molecule has 1 fully saturated rings. The van der Waals surface area contributed by atoms with E-state index in [-0.39, 0.29) is 0 Å². The minimum atomic E-state index is 0.438. The first-order valence-electron chi connectivity index (χ1n) is 7.86. The van der Waals surface area contributed by atoms with Crippen LogP contribution in [0.2, 0.25) is 0 Å². The number of hydrogen-bond acceptors (Lipinski definition) is 3. The van der Waals surface area contributed by atoms with Crippen molar-refractivity contribution in [2.24, 2.45) is 5.92 Å². The molecule has 1 atom stereocenters. The van der Waals surface area contributed by atoms with Crippen molar-refractivity contribution in [1.82, 2.24) is 10.2 Å². The molecule has 1 aliphatic rings. The molecule has 0 bridgehead atoms. The summed E-state index contributed by atoms with van der Waals surface area (Å²) in [5, 5.41) is 3.30. The largest absolute Gasteiger partial charge is 0.494 e. The summed E-state index contributed by atoms with van der Waals surface area (Å²) < 4.78 is 5.77.